The normalized spacial score (nSPS) is 31.6. The van der Waals surface area contributed by atoms with E-state index in [2.05, 4.69) is 22.1 Å². The Morgan fingerprint density at radius 2 is 2.10 bits per heavy atom. The van der Waals surface area contributed by atoms with Gasteiger partial charge in [-0.1, -0.05) is 5.16 Å². The van der Waals surface area contributed by atoms with Crippen LogP contribution in [0.2, 0.25) is 0 Å². The highest BCUT2D eigenvalue weighted by Crippen LogP contribution is 2.41. The Morgan fingerprint density at radius 3 is 2.75 bits per heavy atom. The van der Waals surface area contributed by atoms with Crippen LogP contribution in [0.4, 0.5) is 0 Å². The molecule has 3 atom stereocenters. The molecule has 2 aliphatic rings. The molecule has 0 aromatic carbocycles. The Bertz CT molecular complexity index is 437. The summed E-state index contributed by atoms with van der Waals surface area (Å²) in [5, 5.41) is 13.8. The van der Waals surface area contributed by atoms with Crippen LogP contribution >= 0.6 is 0 Å². The minimum atomic E-state index is -0.582. The van der Waals surface area contributed by atoms with Crippen LogP contribution in [0, 0.1) is 0 Å². The smallest absolute Gasteiger partial charge is 0.229 e. The summed E-state index contributed by atoms with van der Waals surface area (Å²) in [5.74, 6) is 1.73. The fourth-order valence-electron chi connectivity index (χ4n) is 3.59. The first-order valence-electron chi connectivity index (χ1n) is 7.38. The number of hydrogen-bond donors (Lipinski definition) is 1. The molecule has 2 bridgehead atoms. The molecule has 112 valence electrons. The third-order valence-corrected chi connectivity index (χ3v) is 4.72. The van der Waals surface area contributed by atoms with E-state index < -0.39 is 6.10 Å². The molecule has 3 heterocycles. The largest absolute Gasteiger partial charge is 0.390 e. The van der Waals surface area contributed by atoms with Crippen molar-refractivity contribution in [1.82, 2.24) is 15.0 Å². The van der Waals surface area contributed by atoms with Gasteiger partial charge in [-0.15, -0.1) is 0 Å². The third-order valence-electron chi connectivity index (χ3n) is 4.72. The highest BCUT2D eigenvalue weighted by molar-refractivity contribution is 5.05. The molecule has 3 rings (SSSR count). The molecule has 3 unspecified atom stereocenters. The van der Waals surface area contributed by atoms with Gasteiger partial charge >= 0.3 is 0 Å². The molecule has 1 aromatic heterocycles. The summed E-state index contributed by atoms with van der Waals surface area (Å²) in [6, 6.07) is 1.33. The maximum atomic E-state index is 9.69. The van der Waals surface area contributed by atoms with Crippen LogP contribution in [-0.2, 0) is 11.2 Å². The average molecular weight is 281 g/mol. The first-order chi connectivity index (χ1) is 9.67. The third kappa shape index (κ3) is 2.73. The monoisotopic (exact) mass is 281 g/mol. The maximum Gasteiger partial charge on any atom is 0.229 e. The summed E-state index contributed by atoms with van der Waals surface area (Å²) in [6.07, 6.45) is 4.59. The van der Waals surface area contributed by atoms with Gasteiger partial charge in [-0.25, -0.2) is 0 Å². The Labute approximate surface area is 119 Å². The predicted octanol–water partition coefficient (Wildman–Crippen LogP) is 0.960. The first-order valence-corrected chi connectivity index (χ1v) is 7.38. The maximum absolute atomic E-state index is 9.69. The van der Waals surface area contributed by atoms with Crippen molar-refractivity contribution in [2.45, 2.75) is 56.2 Å². The van der Waals surface area contributed by atoms with E-state index in [0.29, 0.717) is 30.3 Å². The standard InChI is InChI=1S/C14H23N3O3/c1-17-10-3-4-11(17)6-9(5-10)14-15-13(20-16-14)7-12(18)8-19-2/h9-12,18H,3-8H2,1-2H3. The van der Waals surface area contributed by atoms with E-state index in [4.69, 9.17) is 9.26 Å². The molecule has 0 amide bonds. The quantitative estimate of drug-likeness (QED) is 0.867. The van der Waals surface area contributed by atoms with E-state index in [-0.39, 0.29) is 6.61 Å². The van der Waals surface area contributed by atoms with E-state index in [0.717, 1.165) is 18.7 Å². The zero-order chi connectivity index (χ0) is 14.1. The number of fused-ring (bicyclic) bond motifs is 2. The van der Waals surface area contributed by atoms with Crippen molar-refractivity contribution >= 4 is 0 Å². The fraction of sp³-hybridized carbons (Fsp3) is 0.857. The van der Waals surface area contributed by atoms with Crippen LogP contribution < -0.4 is 0 Å². The molecule has 6 nitrogen and oxygen atoms in total. The summed E-state index contributed by atoms with van der Waals surface area (Å²) in [7, 11) is 3.79. The van der Waals surface area contributed by atoms with Crippen molar-refractivity contribution in [3.05, 3.63) is 11.7 Å². The lowest BCUT2D eigenvalue weighted by molar-refractivity contribution is 0.0599. The van der Waals surface area contributed by atoms with Gasteiger partial charge in [-0.05, 0) is 32.7 Å². The van der Waals surface area contributed by atoms with Gasteiger partial charge in [0.25, 0.3) is 0 Å². The van der Waals surface area contributed by atoms with Crippen LogP contribution in [0.15, 0.2) is 4.52 Å². The van der Waals surface area contributed by atoms with Crippen LogP contribution in [0.3, 0.4) is 0 Å². The molecule has 2 aliphatic heterocycles. The van der Waals surface area contributed by atoms with Crippen LogP contribution in [0.25, 0.3) is 0 Å². The first kappa shape index (κ1) is 14.0. The minimum absolute atomic E-state index is 0.288. The Hall–Kier alpha value is -0.980. The van der Waals surface area contributed by atoms with E-state index in [1.165, 1.54) is 12.8 Å². The second kappa shape index (κ2) is 5.79. The molecule has 2 saturated heterocycles. The molecule has 0 saturated carbocycles. The molecular weight excluding hydrogens is 258 g/mol. The molecule has 1 N–H and O–H groups in total. The summed E-state index contributed by atoms with van der Waals surface area (Å²) < 4.78 is 10.2. The van der Waals surface area contributed by atoms with Gasteiger partial charge in [0.1, 0.15) is 0 Å². The van der Waals surface area contributed by atoms with Crippen LogP contribution in [0.5, 0.6) is 0 Å². The van der Waals surface area contributed by atoms with Gasteiger partial charge < -0.3 is 19.3 Å². The van der Waals surface area contributed by atoms with E-state index in [1.807, 2.05) is 0 Å². The van der Waals surface area contributed by atoms with Gasteiger partial charge in [-0.2, -0.15) is 4.98 Å². The highest BCUT2D eigenvalue weighted by Gasteiger charge is 2.40. The Balaban J connectivity index is 1.62. The van der Waals surface area contributed by atoms with Gasteiger partial charge in [0, 0.05) is 25.1 Å². The Kier molecular flexibility index (Phi) is 4.05. The summed E-state index contributed by atoms with van der Waals surface area (Å²) in [5.41, 5.74) is 0. The topological polar surface area (TPSA) is 71.6 Å². The number of rotatable bonds is 5. The summed E-state index contributed by atoms with van der Waals surface area (Å²) in [6.45, 7) is 0.288. The summed E-state index contributed by atoms with van der Waals surface area (Å²) >= 11 is 0. The molecule has 2 fully saturated rings. The molecule has 0 aliphatic carbocycles. The number of aliphatic hydroxyl groups excluding tert-OH is 1. The van der Waals surface area contributed by atoms with Crippen molar-refractivity contribution in [3.63, 3.8) is 0 Å². The number of aromatic nitrogens is 2. The molecular formula is C14H23N3O3. The number of aliphatic hydroxyl groups is 1. The van der Waals surface area contributed by atoms with Gasteiger partial charge in [0.2, 0.25) is 5.89 Å². The molecule has 6 heteroatoms. The lowest BCUT2D eigenvalue weighted by Gasteiger charge is -2.34. The molecule has 20 heavy (non-hydrogen) atoms. The number of nitrogens with zero attached hydrogens (tertiary/aromatic N) is 3. The zero-order valence-electron chi connectivity index (χ0n) is 12.2. The average Bonchev–Trinajstić information content (AvgIpc) is 2.92. The second-order valence-electron chi connectivity index (χ2n) is 6.08. The minimum Gasteiger partial charge on any atom is -0.390 e. The Morgan fingerprint density at radius 1 is 1.40 bits per heavy atom. The number of ether oxygens (including phenoxy) is 1. The van der Waals surface area contributed by atoms with E-state index in [9.17, 15) is 5.11 Å². The van der Waals surface area contributed by atoms with Gasteiger partial charge in [0.15, 0.2) is 5.82 Å². The van der Waals surface area contributed by atoms with Crippen molar-refractivity contribution in [2.75, 3.05) is 20.8 Å². The van der Waals surface area contributed by atoms with Crippen molar-refractivity contribution in [2.24, 2.45) is 0 Å². The number of piperidine rings is 1. The van der Waals surface area contributed by atoms with E-state index in [1.54, 1.807) is 7.11 Å². The van der Waals surface area contributed by atoms with Crippen molar-refractivity contribution in [1.29, 1.82) is 0 Å². The lowest BCUT2D eigenvalue weighted by Crippen LogP contribution is -2.39. The molecule has 0 radical (unpaired) electrons. The highest BCUT2D eigenvalue weighted by atomic mass is 16.5. The lowest BCUT2D eigenvalue weighted by atomic mass is 9.90. The summed E-state index contributed by atoms with van der Waals surface area (Å²) in [4.78, 5) is 6.97. The molecule has 0 spiro atoms. The number of hydrogen-bond acceptors (Lipinski definition) is 6. The van der Waals surface area contributed by atoms with Crippen LogP contribution in [0.1, 0.15) is 43.3 Å². The van der Waals surface area contributed by atoms with Gasteiger partial charge in [0.05, 0.1) is 19.1 Å². The van der Waals surface area contributed by atoms with Crippen molar-refractivity contribution < 1.29 is 14.4 Å². The number of methoxy groups -OCH3 is 1. The van der Waals surface area contributed by atoms with Gasteiger partial charge in [-0.3, -0.25) is 0 Å². The van der Waals surface area contributed by atoms with Crippen LogP contribution in [-0.4, -0.2) is 59.1 Å². The predicted molar refractivity (Wildman–Crippen MR) is 72.4 cm³/mol. The fourth-order valence-corrected chi connectivity index (χ4v) is 3.59. The van der Waals surface area contributed by atoms with Crippen molar-refractivity contribution in [3.8, 4) is 0 Å². The second-order valence-corrected chi connectivity index (χ2v) is 6.08. The SMILES string of the molecule is COCC(O)Cc1nc(C2CC3CCC(C2)N3C)no1. The van der Waals surface area contributed by atoms with E-state index >= 15 is 0 Å². The zero-order valence-corrected chi connectivity index (χ0v) is 12.2. The molecule has 1 aromatic rings.